The lowest BCUT2D eigenvalue weighted by Crippen LogP contribution is -2.21. The quantitative estimate of drug-likeness (QED) is 0.534. The molecule has 0 saturated carbocycles. The first kappa shape index (κ1) is 18.2. The first-order valence-electron chi connectivity index (χ1n) is 7.75. The van der Waals surface area contributed by atoms with Gasteiger partial charge in [-0.1, -0.05) is 31.9 Å². The zero-order chi connectivity index (χ0) is 18.0. The van der Waals surface area contributed by atoms with Crippen LogP contribution in [0.4, 0.5) is 0 Å². The molecule has 0 aliphatic carbocycles. The van der Waals surface area contributed by atoms with E-state index in [1.165, 1.54) is 0 Å². The Hall–Kier alpha value is -1.63. The van der Waals surface area contributed by atoms with E-state index < -0.39 is 0 Å². The summed E-state index contributed by atoms with van der Waals surface area (Å²) >= 11 is 6.82. The molecule has 0 radical (unpaired) electrons. The molecular formula is C19H17Br2NO3. The monoisotopic (exact) mass is 465 g/mol. The lowest BCUT2D eigenvalue weighted by molar-refractivity contribution is 0.257. The van der Waals surface area contributed by atoms with Crippen LogP contribution >= 0.6 is 31.9 Å². The fourth-order valence-electron chi connectivity index (χ4n) is 2.40. The highest BCUT2D eigenvalue weighted by Gasteiger charge is 2.18. The first-order valence-corrected chi connectivity index (χ1v) is 9.34. The third kappa shape index (κ3) is 4.14. The maximum atomic E-state index is 13.0. The minimum Gasteiger partial charge on any atom is -0.485 e. The molecule has 1 heterocycles. The Balaban J connectivity index is 2.16. The van der Waals surface area contributed by atoms with E-state index in [4.69, 9.17) is 9.15 Å². The zero-order valence-electron chi connectivity index (χ0n) is 13.9. The fourth-order valence-corrected chi connectivity index (χ4v) is 3.03. The molecule has 0 spiro atoms. The normalized spacial score (nSPS) is 11.2. The number of fused-ring (bicyclic) bond motifs is 1. The van der Waals surface area contributed by atoms with Crippen LogP contribution in [0.1, 0.15) is 0 Å². The van der Waals surface area contributed by atoms with Crippen LogP contribution in [-0.4, -0.2) is 32.1 Å². The van der Waals surface area contributed by atoms with Gasteiger partial charge in [0.25, 0.3) is 0 Å². The highest BCUT2D eigenvalue weighted by Crippen LogP contribution is 2.32. The molecule has 1 aromatic heterocycles. The molecule has 0 amide bonds. The van der Waals surface area contributed by atoms with Crippen molar-refractivity contribution in [1.29, 1.82) is 0 Å². The molecule has 0 bridgehead atoms. The Kier molecular flexibility index (Phi) is 5.61. The predicted octanol–water partition coefficient (Wildman–Crippen LogP) is 4.93. The SMILES string of the molecule is CN(C)CCOc1c(-c2ccc(Br)cc2)oc2ccc(Br)cc2c1=O. The summed E-state index contributed by atoms with van der Waals surface area (Å²) in [6, 6.07) is 13.0. The summed E-state index contributed by atoms with van der Waals surface area (Å²) in [4.78, 5) is 15.0. The molecule has 4 nitrogen and oxygen atoms in total. The number of ether oxygens (including phenoxy) is 1. The second-order valence-corrected chi connectivity index (χ2v) is 7.72. The average Bonchev–Trinajstić information content (AvgIpc) is 2.58. The van der Waals surface area contributed by atoms with E-state index in [2.05, 4.69) is 31.9 Å². The van der Waals surface area contributed by atoms with Gasteiger partial charge < -0.3 is 14.1 Å². The number of nitrogens with zero attached hydrogens (tertiary/aromatic N) is 1. The summed E-state index contributed by atoms with van der Waals surface area (Å²) in [5.74, 6) is 0.695. The summed E-state index contributed by atoms with van der Waals surface area (Å²) < 4.78 is 13.7. The summed E-state index contributed by atoms with van der Waals surface area (Å²) in [6.07, 6.45) is 0. The van der Waals surface area contributed by atoms with E-state index in [9.17, 15) is 4.79 Å². The molecule has 0 atom stereocenters. The molecule has 130 valence electrons. The van der Waals surface area contributed by atoms with Crippen molar-refractivity contribution in [3.8, 4) is 17.1 Å². The van der Waals surface area contributed by atoms with Crippen molar-refractivity contribution in [2.75, 3.05) is 27.2 Å². The first-order chi connectivity index (χ1) is 12.0. The molecule has 0 aliphatic rings. The Morgan fingerprint density at radius 3 is 2.40 bits per heavy atom. The molecule has 25 heavy (non-hydrogen) atoms. The molecule has 0 N–H and O–H groups in total. The average molecular weight is 467 g/mol. The minimum atomic E-state index is -0.167. The Morgan fingerprint density at radius 2 is 1.72 bits per heavy atom. The third-order valence-corrected chi connectivity index (χ3v) is 4.72. The van der Waals surface area contributed by atoms with Crippen LogP contribution in [-0.2, 0) is 0 Å². The molecule has 3 aromatic rings. The maximum absolute atomic E-state index is 13.0. The smallest absolute Gasteiger partial charge is 0.235 e. The second-order valence-electron chi connectivity index (χ2n) is 5.89. The van der Waals surface area contributed by atoms with Gasteiger partial charge in [-0.3, -0.25) is 4.79 Å². The largest absolute Gasteiger partial charge is 0.485 e. The molecule has 6 heteroatoms. The molecule has 0 saturated heterocycles. The summed E-state index contributed by atoms with van der Waals surface area (Å²) in [7, 11) is 3.91. The van der Waals surface area contributed by atoms with Gasteiger partial charge in [-0.05, 0) is 56.6 Å². The van der Waals surface area contributed by atoms with Crippen LogP contribution < -0.4 is 10.2 Å². The number of benzene rings is 2. The number of rotatable bonds is 5. The summed E-state index contributed by atoms with van der Waals surface area (Å²) in [6.45, 7) is 1.11. The number of halogens is 2. The lowest BCUT2D eigenvalue weighted by Gasteiger charge is -2.14. The van der Waals surface area contributed by atoms with Gasteiger partial charge in [-0.2, -0.15) is 0 Å². The highest BCUT2D eigenvalue weighted by atomic mass is 79.9. The molecule has 0 unspecified atom stereocenters. The molecule has 2 aromatic carbocycles. The minimum absolute atomic E-state index is 0.167. The van der Waals surface area contributed by atoms with Gasteiger partial charge in [0.2, 0.25) is 11.2 Å². The van der Waals surface area contributed by atoms with Crippen LogP contribution in [0, 0.1) is 0 Å². The molecule has 0 fully saturated rings. The van der Waals surface area contributed by atoms with Gasteiger partial charge in [0.1, 0.15) is 12.2 Å². The van der Waals surface area contributed by atoms with Crippen LogP contribution in [0.3, 0.4) is 0 Å². The Labute approximate surface area is 162 Å². The molecular weight excluding hydrogens is 450 g/mol. The van der Waals surface area contributed by atoms with Gasteiger partial charge >= 0.3 is 0 Å². The van der Waals surface area contributed by atoms with Crippen LogP contribution in [0.5, 0.6) is 5.75 Å². The second kappa shape index (κ2) is 7.72. The van der Waals surface area contributed by atoms with E-state index in [0.29, 0.717) is 29.9 Å². The van der Waals surface area contributed by atoms with E-state index in [-0.39, 0.29) is 11.2 Å². The standard InChI is InChI=1S/C19H17Br2NO3/c1-22(2)9-10-24-19-17(23)15-11-14(21)7-8-16(15)25-18(19)12-3-5-13(20)6-4-12/h3-8,11H,9-10H2,1-2H3. The molecule has 3 rings (SSSR count). The Bertz CT molecular complexity index is 949. The van der Waals surface area contributed by atoms with E-state index in [1.807, 2.05) is 49.3 Å². The number of hydrogen-bond acceptors (Lipinski definition) is 4. The van der Waals surface area contributed by atoms with Crippen molar-refractivity contribution in [1.82, 2.24) is 4.90 Å². The maximum Gasteiger partial charge on any atom is 0.235 e. The summed E-state index contributed by atoms with van der Waals surface area (Å²) in [5.41, 5.74) is 1.16. The van der Waals surface area contributed by atoms with Crippen molar-refractivity contribution < 1.29 is 9.15 Å². The van der Waals surface area contributed by atoms with Gasteiger partial charge in [0.05, 0.1) is 5.39 Å². The molecule has 0 aliphatic heterocycles. The van der Waals surface area contributed by atoms with Gasteiger partial charge in [-0.25, -0.2) is 0 Å². The zero-order valence-corrected chi connectivity index (χ0v) is 17.1. The van der Waals surface area contributed by atoms with Crippen molar-refractivity contribution in [3.05, 3.63) is 61.6 Å². The fraction of sp³-hybridized carbons (Fsp3) is 0.211. The van der Waals surface area contributed by atoms with Crippen LogP contribution in [0.25, 0.3) is 22.3 Å². The van der Waals surface area contributed by atoms with Crippen LogP contribution in [0.2, 0.25) is 0 Å². The highest BCUT2D eigenvalue weighted by molar-refractivity contribution is 9.10. The van der Waals surface area contributed by atoms with Crippen LogP contribution in [0.15, 0.2) is 60.6 Å². The Morgan fingerprint density at radius 1 is 1.04 bits per heavy atom. The topological polar surface area (TPSA) is 42.7 Å². The van der Waals surface area contributed by atoms with Crippen molar-refractivity contribution >= 4 is 42.8 Å². The van der Waals surface area contributed by atoms with E-state index in [1.54, 1.807) is 12.1 Å². The van der Waals surface area contributed by atoms with Gasteiger partial charge in [0.15, 0.2) is 5.76 Å². The summed E-state index contributed by atoms with van der Waals surface area (Å²) in [5, 5.41) is 0.495. The lowest BCUT2D eigenvalue weighted by atomic mass is 10.1. The number of hydrogen-bond donors (Lipinski definition) is 0. The third-order valence-electron chi connectivity index (χ3n) is 3.70. The van der Waals surface area contributed by atoms with Gasteiger partial charge in [0, 0.05) is 21.1 Å². The predicted molar refractivity (Wildman–Crippen MR) is 107 cm³/mol. The van der Waals surface area contributed by atoms with Crippen molar-refractivity contribution in [3.63, 3.8) is 0 Å². The van der Waals surface area contributed by atoms with Crippen molar-refractivity contribution in [2.45, 2.75) is 0 Å². The van der Waals surface area contributed by atoms with Gasteiger partial charge in [-0.15, -0.1) is 0 Å². The van der Waals surface area contributed by atoms with E-state index >= 15 is 0 Å². The van der Waals surface area contributed by atoms with Crippen molar-refractivity contribution in [2.24, 2.45) is 0 Å². The number of likely N-dealkylation sites (N-methyl/N-ethyl adjacent to an activating group) is 1. The van der Waals surface area contributed by atoms with E-state index in [0.717, 1.165) is 14.5 Å².